The molecule has 0 radical (unpaired) electrons. The third-order valence-corrected chi connectivity index (χ3v) is 9.57. The van der Waals surface area contributed by atoms with Crippen LogP contribution in [0.15, 0.2) is 0 Å². The lowest BCUT2D eigenvalue weighted by Gasteiger charge is -2.67. The number of hydrogen-bond donors (Lipinski definition) is 1. The van der Waals surface area contributed by atoms with Gasteiger partial charge in [-0.3, -0.25) is 19.7 Å². The number of piperidine rings is 2. The van der Waals surface area contributed by atoms with Gasteiger partial charge in [-0.2, -0.15) is 0 Å². The highest BCUT2D eigenvalue weighted by molar-refractivity contribution is 6.02. The number of fused-ring (bicyclic) bond motifs is 1. The van der Waals surface area contributed by atoms with Gasteiger partial charge in [0, 0.05) is 25.4 Å². The highest BCUT2D eigenvalue weighted by Gasteiger charge is 2.69. The Bertz CT molecular complexity index is 788. The van der Waals surface area contributed by atoms with Crippen LogP contribution in [0, 0.1) is 29.1 Å². The molecule has 4 aliphatic carbocycles. The maximum atomic E-state index is 13.8. The molecular weight excluding hydrogens is 397 g/mol. The first-order chi connectivity index (χ1) is 14.8. The number of halogens is 1. The van der Waals surface area contributed by atoms with Crippen LogP contribution in [0.5, 0.6) is 0 Å². The first-order valence-electron chi connectivity index (χ1n) is 12.4. The number of likely N-dealkylation sites (tertiary alicyclic amines) is 2. The van der Waals surface area contributed by atoms with E-state index >= 15 is 0 Å². The first-order valence-corrected chi connectivity index (χ1v) is 12.4. The molecule has 3 heterocycles. The molecule has 3 aliphatic heterocycles. The van der Waals surface area contributed by atoms with Crippen LogP contribution >= 0.6 is 0 Å². The normalized spacial score (nSPS) is 45.7. The predicted molar refractivity (Wildman–Crippen MR) is 111 cm³/mol. The van der Waals surface area contributed by atoms with Gasteiger partial charge in [-0.15, -0.1) is 0 Å². The van der Waals surface area contributed by atoms with Gasteiger partial charge in [-0.1, -0.05) is 0 Å². The van der Waals surface area contributed by atoms with E-state index < -0.39 is 11.7 Å². The molecular formula is C24H34FN3O3. The smallest absolute Gasteiger partial charge is 0.249 e. The maximum absolute atomic E-state index is 13.8. The summed E-state index contributed by atoms with van der Waals surface area (Å²) >= 11 is 0. The first kappa shape index (κ1) is 20.1. The predicted octanol–water partition coefficient (Wildman–Crippen LogP) is 2.27. The van der Waals surface area contributed by atoms with Gasteiger partial charge in [0.2, 0.25) is 17.7 Å². The summed E-state index contributed by atoms with van der Waals surface area (Å²) < 4.78 is 13.8. The van der Waals surface area contributed by atoms with Crippen molar-refractivity contribution in [1.82, 2.24) is 15.1 Å². The second kappa shape index (κ2) is 7.00. The zero-order chi connectivity index (χ0) is 21.4. The number of imide groups is 1. The van der Waals surface area contributed by atoms with E-state index in [0.29, 0.717) is 36.6 Å². The van der Waals surface area contributed by atoms with Crippen molar-refractivity contribution in [3.8, 4) is 0 Å². The standard InChI is InChI=1S/C24H34FN3O3/c25-24-11-23(12-24,13-24)14-27-7-5-15(6-8-27)16-1-2-18-17(9-16)10-28(22(18)31)19-3-4-20(29)26-21(19)30/h15-19H,1-14H2,(H,26,29,30). The van der Waals surface area contributed by atoms with Gasteiger partial charge in [0.05, 0.1) is 0 Å². The van der Waals surface area contributed by atoms with Gasteiger partial charge >= 0.3 is 0 Å². The average Bonchev–Trinajstić information content (AvgIpc) is 3.02. The quantitative estimate of drug-likeness (QED) is 0.694. The summed E-state index contributed by atoms with van der Waals surface area (Å²) in [6, 6.07) is -0.460. The van der Waals surface area contributed by atoms with Crippen LogP contribution in [0.1, 0.15) is 64.2 Å². The monoisotopic (exact) mass is 431 g/mol. The van der Waals surface area contributed by atoms with Gasteiger partial charge in [-0.05, 0) is 94.0 Å². The molecule has 7 rings (SSSR count). The number of nitrogens with zero attached hydrogens (tertiary/aromatic N) is 2. The fourth-order valence-corrected chi connectivity index (χ4v) is 8.16. The maximum Gasteiger partial charge on any atom is 0.249 e. The van der Waals surface area contributed by atoms with Crippen molar-refractivity contribution in [3.05, 3.63) is 0 Å². The number of rotatable bonds is 4. The Morgan fingerprint density at radius 1 is 0.935 bits per heavy atom. The second-order valence-corrected chi connectivity index (χ2v) is 11.7. The van der Waals surface area contributed by atoms with E-state index in [4.69, 9.17) is 0 Å². The second-order valence-electron chi connectivity index (χ2n) is 11.7. The average molecular weight is 432 g/mol. The highest BCUT2D eigenvalue weighted by Crippen LogP contribution is 2.69. The fourth-order valence-electron chi connectivity index (χ4n) is 8.16. The van der Waals surface area contributed by atoms with Crippen LogP contribution in [-0.4, -0.2) is 65.4 Å². The molecule has 4 unspecified atom stereocenters. The van der Waals surface area contributed by atoms with Crippen molar-refractivity contribution < 1.29 is 18.8 Å². The summed E-state index contributed by atoms with van der Waals surface area (Å²) in [7, 11) is 0. The number of amides is 3. The summed E-state index contributed by atoms with van der Waals surface area (Å²) in [5.41, 5.74) is -0.485. The summed E-state index contributed by atoms with van der Waals surface area (Å²) in [6.45, 7) is 4.05. The van der Waals surface area contributed by atoms with E-state index in [1.54, 1.807) is 4.90 Å². The number of hydrogen-bond acceptors (Lipinski definition) is 4. The minimum absolute atomic E-state index is 0.0686. The lowest BCUT2D eigenvalue weighted by atomic mass is 9.42. The van der Waals surface area contributed by atoms with E-state index in [2.05, 4.69) is 10.2 Å². The molecule has 4 atom stereocenters. The third-order valence-electron chi connectivity index (χ3n) is 9.57. The minimum atomic E-state index is -0.794. The Balaban J connectivity index is 1.02. The van der Waals surface area contributed by atoms with Gasteiger partial charge in [0.25, 0.3) is 0 Å². The molecule has 1 N–H and O–H groups in total. The van der Waals surface area contributed by atoms with Crippen LogP contribution in [-0.2, 0) is 14.4 Å². The minimum Gasteiger partial charge on any atom is -0.330 e. The number of alkyl halides is 1. The van der Waals surface area contributed by atoms with E-state index in [1.807, 2.05) is 0 Å². The zero-order valence-electron chi connectivity index (χ0n) is 18.3. The Hall–Kier alpha value is -1.50. The van der Waals surface area contributed by atoms with Crippen LogP contribution in [0.3, 0.4) is 0 Å². The molecule has 0 aromatic heterocycles. The Labute approximate surface area is 183 Å². The molecule has 0 spiro atoms. The van der Waals surface area contributed by atoms with Crippen LogP contribution in [0.2, 0.25) is 0 Å². The summed E-state index contributed by atoms with van der Waals surface area (Å²) in [6.07, 6.45) is 8.78. The van der Waals surface area contributed by atoms with Crippen molar-refractivity contribution >= 4 is 17.7 Å². The fraction of sp³-hybridized carbons (Fsp3) is 0.875. The molecule has 3 amide bonds. The molecule has 7 heteroatoms. The Kier molecular flexibility index (Phi) is 4.54. The molecule has 0 aromatic rings. The summed E-state index contributed by atoms with van der Waals surface area (Å²) in [5, 5.41) is 2.40. The SMILES string of the molecule is O=C1CCC(N2CC3CC(C4CCN(CC56CC(F)(C5)C6)CC4)CCC3C2=O)C(=O)N1. The summed E-state index contributed by atoms with van der Waals surface area (Å²) in [5.74, 6) is 1.45. The Morgan fingerprint density at radius 2 is 1.68 bits per heavy atom. The van der Waals surface area contributed by atoms with Crippen LogP contribution in [0.25, 0.3) is 0 Å². The molecule has 4 saturated carbocycles. The zero-order valence-corrected chi connectivity index (χ0v) is 18.3. The van der Waals surface area contributed by atoms with Gasteiger partial charge < -0.3 is 9.80 Å². The van der Waals surface area contributed by atoms with E-state index in [9.17, 15) is 18.8 Å². The lowest BCUT2D eigenvalue weighted by Crippen LogP contribution is -2.68. The molecule has 31 heavy (non-hydrogen) atoms. The topological polar surface area (TPSA) is 69.7 Å². The van der Waals surface area contributed by atoms with Crippen LogP contribution in [0.4, 0.5) is 4.39 Å². The molecule has 3 saturated heterocycles. The Morgan fingerprint density at radius 3 is 2.35 bits per heavy atom. The van der Waals surface area contributed by atoms with Gasteiger partial charge in [-0.25, -0.2) is 4.39 Å². The lowest BCUT2D eigenvalue weighted by molar-refractivity contribution is -0.222. The van der Waals surface area contributed by atoms with Crippen molar-refractivity contribution in [2.75, 3.05) is 26.2 Å². The third kappa shape index (κ3) is 3.33. The number of carbonyl (C=O) groups excluding carboxylic acids is 3. The van der Waals surface area contributed by atoms with E-state index in [1.165, 1.54) is 12.8 Å². The van der Waals surface area contributed by atoms with Crippen molar-refractivity contribution in [3.63, 3.8) is 0 Å². The molecule has 2 bridgehead atoms. The molecule has 7 fully saturated rings. The van der Waals surface area contributed by atoms with Crippen molar-refractivity contribution in [2.24, 2.45) is 29.1 Å². The van der Waals surface area contributed by atoms with Crippen LogP contribution < -0.4 is 5.32 Å². The largest absolute Gasteiger partial charge is 0.330 e. The summed E-state index contributed by atoms with van der Waals surface area (Å²) in [4.78, 5) is 41.1. The van der Waals surface area contributed by atoms with Gasteiger partial charge in [0.15, 0.2) is 0 Å². The van der Waals surface area contributed by atoms with E-state index in [-0.39, 0.29) is 23.6 Å². The van der Waals surface area contributed by atoms with Crippen molar-refractivity contribution in [2.45, 2.75) is 75.9 Å². The number of nitrogens with one attached hydrogen (secondary N) is 1. The highest BCUT2D eigenvalue weighted by atomic mass is 19.1. The molecule has 7 aliphatic rings. The van der Waals surface area contributed by atoms with E-state index in [0.717, 1.165) is 64.1 Å². The molecule has 6 nitrogen and oxygen atoms in total. The van der Waals surface area contributed by atoms with Crippen molar-refractivity contribution in [1.29, 1.82) is 0 Å². The number of carbonyl (C=O) groups is 3. The van der Waals surface area contributed by atoms with Gasteiger partial charge in [0.1, 0.15) is 11.7 Å². The molecule has 170 valence electrons. The molecule has 0 aromatic carbocycles.